The van der Waals surface area contributed by atoms with Crippen LogP contribution in [0.25, 0.3) is 0 Å². The first-order valence-electron chi connectivity index (χ1n) is 6.42. The molecule has 2 unspecified atom stereocenters. The molecule has 0 aromatic carbocycles. The Hall–Kier alpha value is -0.0800. The molecule has 0 spiro atoms. The molecule has 1 rings (SSSR count). The predicted molar refractivity (Wildman–Crippen MR) is 64.9 cm³/mol. The van der Waals surface area contributed by atoms with E-state index in [1.807, 2.05) is 13.8 Å². The van der Waals surface area contributed by atoms with E-state index in [4.69, 9.17) is 0 Å². The predicted octanol–water partition coefficient (Wildman–Crippen LogP) is 2.56. The fourth-order valence-corrected chi connectivity index (χ4v) is 2.38. The summed E-state index contributed by atoms with van der Waals surface area (Å²) in [6, 6.07) is 0. The van der Waals surface area contributed by atoms with E-state index in [0.717, 1.165) is 31.3 Å². The minimum atomic E-state index is -0.523. The lowest BCUT2D eigenvalue weighted by atomic mass is 9.80. The highest BCUT2D eigenvalue weighted by atomic mass is 16.3. The molecule has 0 saturated heterocycles. The number of hydrogen-bond donors (Lipinski definition) is 2. The lowest BCUT2D eigenvalue weighted by molar-refractivity contribution is 0.0704. The Balaban J connectivity index is 2.08. The zero-order valence-electron chi connectivity index (χ0n) is 10.6. The summed E-state index contributed by atoms with van der Waals surface area (Å²) < 4.78 is 0. The second-order valence-corrected chi connectivity index (χ2v) is 5.79. The number of aliphatic hydroxyl groups is 1. The molecule has 2 N–H and O–H groups in total. The van der Waals surface area contributed by atoms with Crippen LogP contribution in [0.4, 0.5) is 0 Å². The van der Waals surface area contributed by atoms with Crippen LogP contribution in [0.3, 0.4) is 0 Å². The van der Waals surface area contributed by atoms with Gasteiger partial charge in [-0.15, -0.1) is 0 Å². The zero-order valence-corrected chi connectivity index (χ0v) is 10.6. The summed E-state index contributed by atoms with van der Waals surface area (Å²) in [5, 5.41) is 13.0. The summed E-state index contributed by atoms with van der Waals surface area (Å²) >= 11 is 0. The fraction of sp³-hybridized carbons (Fsp3) is 1.00. The van der Waals surface area contributed by atoms with Crippen molar-refractivity contribution < 1.29 is 5.11 Å². The van der Waals surface area contributed by atoms with E-state index in [1.165, 1.54) is 25.7 Å². The lowest BCUT2D eigenvalue weighted by Crippen LogP contribution is -2.33. The molecule has 0 aromatic heterocycles. The Labute approximate surface area is 94.5 Å². The highest BCUT2D eigenvalue weighted by Gasteiger charge is 2.20. The van der Waals surface area contributed by atoms with Crippen molar-refractivity contribution in [3.63, 3.8) is 0 Å². The van der Waals surface area contributed by atoms with Crippen LogP contribution in [0.2, 0.25) is 0 Å². The number of hydrogen-bond acceptors (Lipinski definition) is 2. The van der Waals surface area contributed by atoms with Gasteiger partial charge in [-0.05, 0) is 51.6 Å². The molecule has 0 aliphatic heterocycles. The molecule has 1 saturated carbocycles. The highest BCUT2D eigenvalue weighted by Crippen LogP contribution is 2.28. The van der Waals surface area contributed by atoms with Gasteiger partial charge in [0.2, 0.25) is 0 Å². The van der Waals surface area contributed by atoms with Gasteiger partial charge in [-0.2, -0.15) is 0 Å². The lowest BCUT2D eigenvalue weighted by Gasteiger charge is -2.29. The minimum Gasteiger partial charge on any atom is -0.390 e. The molecule has 0 radical (unpaired) electrons. The van der Waals surface area contributed by atoms with Gasteiger partial charge >= 0.3 is 0 Å². The highest BCUT2D eigenvalue weighted by molar-refractivity contribution is 4.75. The van der Waals surface area contributed by atoms with Gasteiger partial charge in [0.25, 0.3) is 0 Å². The molecule has 1 aliphatic rings. The van der Waals surface area contributed by atoms with Crippen molar-refractivity contribution >= 4 is 0 Å². The quantitative estimate of drug-likeness (QED) is 0.688. The Kier molecular flexibility index (Phi) is 5.07. The van der Waals surface area contributed by atoms with Crippen LogP contribution >= 0.6 is 0 Å². The van der Waals surface area contributed by atoms with Gasteiger partial charge in [-0.25, -0.2) is 0 Å². The van der Waals surface area contributed by atoms with Gasteiger partial charge in [0.15, 0.2) is 0 Å². The van der Waals surface area contributed by atoms with Crippen molar-refractivity contribution in [2.45, 2.75) is 58.5 Å². The summed E-state index contributed by atoms with van der Waals surface area (Å²) in [6.45, 7) is 8.20. The minimum absolute atomic E-state index is 0.523. The number of rotatable bonds is 5. The van der Waals surface area contributed by atoms with Crippen LogP contribution in [0.1, 0.15) is 52.9 Å². The second-order valence-electron chi connectivity index (χ2n) is 5.79. The molecule has 15 heavy (non-hydrogen) atoms. The number of nitrogens with one attached hydrogen (secondary N) is 1. The van der Waals surface area contributed by atoms with Crippen LogP contribution in [0.5, 0.6) is 0 Å². The maximum absolute atomic E-state index is 9.57. The van der Waals surface area contributed by atoms with E-state index in [1.54, 1.807) is 0 Å². The van der Waals surface area contributed by atoms with Crippen LogP contribution in [0, 0.1) is 11.8 Å². The van der Waals surface area contributed by atoms with E-state index >= 15 is 0 Å². The molecule has 2 nitrogen and oxygen atoms in total. The van der Waals surface area contributed by atoms with Crippen molar-refractivity contribution in [1.82, 2.24) is 5.32 Å². The van der Waals surface area contributed by atoms with Crippen molar-refractivity contribution in [3.8, 4) is 0 Å². The van der Waals surface area contributed by atoms with E-state index < -0.39 is 5.60 Å². The normalized spacial score (nSPS) is 28.0. The topological polar surface area (TPSA) is 32.3 Å². The third kappa shape index (κ3) is 5.53. The Morgan fingerprint density at radius 2 is 1.93 bits per heavy atom. The van der Waals surface area contributed by atoms with Gasteiger partial charge in [-0.3, -0.25) is 0 Å². The molecule has 2 heteroatoms. The molecule has 2 atom stereocenters. The summed E-state index contributed by atoms with van der Waals surface area (Å²) in [4.78, 5) is 0. The van der Waals surface area contributed by atoms with Crippen molar-refractivity contribution in [1.29, 1.82) is 0 Å². The summed E-state index contributed by atoms with van der Waals surface area (Å²) in [6.07, 6.45) is 6.45. The molecule has 1 aliphatic carbocycles. The third-order valence-corrected chi connectivity index (χ3v) is 3.61. The van der Waals surface area contributed by atoms with Gasteiger partial charge in [0.05, 0.1) is 5.60 Å². The summed E-state index contributed by atoms with van der Waals surface area (Å²) in [5.41, 5.74) is -0.523. The fourth-order valence-electron chi connectivity index (χ4n) is 2.38. The largest absolute Gasteiger partial charge is 0.390 e. The van der Waals surface area contributed by atoms with Crippen molar-refractivity contribution in [2.75, 3.05) is 13.1 Å². The van der Waals surface area contributed by atoms with E-state index in [0.29, 0.717) is 0 Å². The average molecular weight is 213 g/mol. The zero-order chi connectivity index (χ0) is 11.3. The van der Waals surface area contributed by atoms with Crippen LogP contribution in [0.15, 0.2) is 0 Å². The van der Waals surface area contributed by atoms with Crippen LogP contribution in [-0.2, 0) is 0 Å². The molecule has 0 bridgehead atoms. The summed E-state index contributed by atoms with van der Waals surface area (Å²) in [7, 11) is 0. The van der Waals surface area contributed by atoms with E-state index in [-0.39, 0.29) is 0 Å². The maximum atomic E-state index is 9.57. The van der Waals surface area contributed by atoms with E-state index in [9.17, 15) is 5.11 Å². The first-order valence-corrected chi connectivity index (χ1v) is 6.42. The molecule has 90 valence electrons. The van der Waals surface area contributed by atoms with Crippen molar-refractivity contribution in [3.05, 3.63) is 0 Å². The molecule has 0 amide bonds. The third-order valence-electron chi connectivity index (χ3n) is 3.61. The average Bonchev–Trinajstić information content (AvgIpc) is 2.13. The SMILES string of the molecule is CC1CCCCC1CNCCC(C)(C)O. The van der Waals surface area contributed by atoms with Gasteiger partial charge in [0, 0.05) is 0 Å². The smallest absolute Gasteiger partial charge is 0.0603 e. The van der Waals surface area contributed by atoms with Crippen LogP contribution < -0.4 is 5.32 Å². The van der Waals surface area contributed by atoms with Gasteiger partial charge in [0.1, 0.15) is 0 Å². The first kappa shape index (κ1) is 13.0. The molecular weight excluding hydrogens is 186 g/mol. The first-order chi connectivity index (χ1) is 6.99. The molecular formula is C13H27NO. The van der Waals surface area contributed by atoms with E-state index in [2.05, 4.69) is 12.2 Å². The molecule has 0 heterocycles. The second kappa shape index (κ2) is 5.86. The maximum Gasteiger partial charge on any atom is 0.0603 e. The van der Waals surface area contributed by atoms with Crippen molar-refractivity contribution in [2.24, 2.45) is 11.8 Å². The molecule has 1 fully saturated rings. The Bertz CT molecular complexity index is 174. The van der Waals surface area contributed by atoms with Gasteiger partial charge in [-0.1, -0.05) is 26.2 Å². The Morgan fingerprint density at radius 1 is 1.27 bits per heavy atom. The monoisotopic (exact) mass is 213 g/mol. The van der Waals surface area contributed by atoms with Gasteiger partial charge < -0.3 is 10.4 Å². The van der Waals surface area contributed by atoms with Crippen LogP contribution in [-0.4, -0.2) is 23.8 Å². The molecule has 0 aromatic rings. The standard InChI is InChI=1S/C13H27NO/c1-11-6-4-5-7-12(11)10-14-9-8-13(2,3)15/h11-12,14-15H,4-10H2,1-3H3. The Morgan fingerprint density at radius 3 is 2.53 bits per heavy atom. The summed E-state index contributed by atoms with van der Waals surface area (Å²) in [5.74, 6) is 1.74.